The van der Waals surface area contributed by atoms with Gasteiger partial charge in [-0.25, -0.2) is 0 Å². The van der Waals surface area contributed by atoms with Crippen LogP contribution < -0.4 is 17.2 Å². The van der Waals surface area contributed by atoms with Gasteiger partial charge in [-0.2, -0.15) is 0 Å². The third kappa shape index (κ3) is 2.42. The molecular formula is C10H25N3. The van der Waals surface area contributed by atoms with Crippen molar-refractivity contribution >= 4 is 0 Å². The highest BCUT2D eigenvalue weighted by molar-refractivity contribution is 4.97. The summed E-state index contributed by atoms with van der Waals surface area (Å²) in [6.07, 6.45) is 2.19. The van der Waals surface area contributed by atoms with Gasteiger partial charge in [-0.05, 0) is 11.8 Å². The van der Waals surface area contributed by atoms with Gasteiger partial charge in [-0.15, -0.1) is 0 Å². The standard InChI is InChI=1S/C10H25N3/c1-6-7-8(2,3)9(4,5)10(11,12)13/h6-7,11-13H2,1-5H3. The van der Waals surface area contributed by atoms with Gasteiger partial charge in [0.2, 0.25) is 0 Å². The van der Waals surface area contributed by atoms with Crippen LogP contribution >= 0.6 is 0 Å². The topological polar surface area (TPSA) is 78.1 Å². The van der Waals surface area contributed by atoms with Gasteiger partial charge in [-0.1, -0.05) is 41.0 Å². The summed E-state index contributed by atoms with van der Waals surface area (Å²) in [5.41, 5.74) is 17.1. The van der Waals surface area contributed by atoms with Gasteiger partial charge < -0.3 is 17.2 Å². The van der Waals surface area contributed by atoms with Crippen molar-refractivity contribution in [2.45, 2.75) is 53.2 Å². The van der Waals surface area contributed by atoms with Crippen molar-refractivity contribution in [3.05, 3.63) is 0 Å². The van der Waals surface area contributed by atoms with Crippen LogP contribution in [0.5, 0.6) is 0 Å². The van der Waals surface area contributed by atoms with Crippen LogP contribution in [-0.2, 0) is 0 Å². The van der Waals surface area contributed by atoms with Crippen molar-refractivity contribution in [2.75, 3.05) is 0 Å². The van der Waals surface area contributed by atoms with Crippen LogP contribution in [0.1, 0.15) is 47.5 Å². The fourth-order valence-electron chi connectivity index (χ4n) is 1.52. The van der Waals surface area contributed by atoms with Gasteiger partial charge in [0, 0.05) is 5.41 Å². The first kappa shape index (κ1) is 12.9. The first-order valence-corrected chi connectivity index (χ1v) is 4.93. The van der Waals surface area contributed by atoms with E-state index in [1.54, 1.807) is 0 Å². The molecule has 0 aromatic rings. The van der Waals surface area contributed by atoms with E-state index in [0.29, 0.717) is 0 Å². The van der Waals surface area contributed by atoms with Crippen molar-refractivity contribution in [1.29, 1.82) is 0 Å². The molecule has 0 heterocycles. The minimum atomic E-state index is -1.12. The predicted octanol–water partition coefficient (Wildman–Crippen LogP) is 1.37. The molecule has 0 fully saturated rings. The Labute approximate surface area is 82.0 Å². The molecule has 13 heavy (non-hydrogen) atoms. The molecule has 3 nitrogen and oxygen atoms in total. The Hall–Kier alpha value is -0.120. The molecule has 0 aromatic heterocycles. The highest BCUT2D eigenvalue weighted by Gasteiger charge is 2.46. The Morgan fingerprint density at radius 2 is 1.31 bits per heavy atom. The summed E-state index contributed by atoms with van der Waals surface area (Å²) in [7, 11) is 0. The highest BCUT2D eigenvalue weighted by Crippen LogP contribution is 2.44. The monoisotopic (exact) mass is 187 g/mol. The average molecular weight is 187 g/mol. The predicted molar refractivity (Wildman–Crippen MR) is 57.8 cm³/mol. The average Bonchev–Trinajstić information content (AvgIpc) is 1.84. The molecule has 0 unspecified atom stereocenters. The van der Waals surface area contributed by atoms with Gasteiger partial charge in [0.15, 0.2) is 0 Å². The highest BCUT2D eigenvalue weighted by atomic mass is 15.1. The maximum atomic E-state index is 5.79. The van der Waals surface area contributed by atoms with Gasteiger partial charge in [0.05, 0.1) is 0 Å². The largest absolute Gasteiger partial charge is 0.301 e. The Morgan fingerprint density at radius 1 is 0.923 bits per heavy atom. The zero-order chi connectivity index (χ0) is 10.9. The molecule has 6 N–H and O–H groups in total. The summed E-state index contributed by atoms with van der Waals surface area (Å²) in [6, 6.07) is 0. The molecule has 0 spiro atoms. The van der Waals surface area contributed by atoms with Crippen molar-refractivity contribution in [3.8, 4) is 0 Å². The van der Waals surface area contributed by atoms with Crippen molar-refractivity contribution < 1.29 is 0 Å². The Kier molecular flexibility index (Phi) is 3.53. The van der Waals surface area contributed by atoms with Gasteiger partial charge >= 0.3 is 0 Å². The molecule has 3 heteroatoms. The van der Waals surface area contributed by atoms with Gasteiger partial charge in [0.25, 0.3) is 0 Å². The summed E-state index contributed by atoms with van der Waals surface area (Å²) in [6.45, 7) is 10.5. The molecular weight excluding hydrogens is 162 g/mol. The van der Waals surface area contributed by atoms with E-state index in [1.807, 2.05) is 13.8 Å². The van der Waals surface area contributed by atoms with E-state index in [0.717, 1.165) is 12.8 Å². The van der Waals surface area contributed by atoms with Crippen LogP contribution in [-0.4, -0.2) is 5.79 Å². The molecule has 0 rings (SSSR count). The molecule has 0 saturated heterocycles. The fourth-order valence-corrected chi connectivity index (χ4v) is 1.52. The SMILES string of the molecule is CCCC(C)(C)C(C)(C)C(N)(N)N. The first-order valence-electron chi connectivity index (χ1n) is 4.93. The first-order chi connectivity index (χ1) is 5.56. The van der Waals surface area contributed by atoms with Crippen LogP contribution in [0.25, 0.3) is 0 Å². The van der Waals surface area contributed by atoms with Crippen LogP contribution in [0.3, 0.4) is 0 Å². The quantitative estimate of drug-likeness (QED) is 0.582. The third-order valence-corrected chi connectivity index (χ3v) is 3.65. The summed E-state index contributed by atoms with van der Waals surface area (Å²) in [5, 5.41) is 0. The number of hydrogen-bond donors (Lipinski definition) is 3. The molecule has 0 aliphatic rings. The molecule has 0 radical (unpaired) electrons. The second-order valence-electron chi connectivity index (χ2n) is 5.19. The molecule has 0 bridgehead atoms. The summed E-state index contributed by atoms with van der Waals surface area (Å²) in [5.74, 6) is -1.12. The fraction of sp³-hybridized carbons (Fsp3) is 1.00. The van der Waals surface area contributed by atoms with Gasteiger partial charge in [0.1, 0.15) is 5.79 Å². The van der Waals surface area contributed by atoms with Crippen molar-refractivity contribution in [2.24, 2.45) is 28.0 Å². The molecule has 0 aliphatic heterocycles. The lowest BCUT2D eigenvalue weighted by Gasteiger charge is -2.49. The van der Waals surface area contributed by atoms with Crippen LogP contribution in [0.15, 0.2) is 0 Å². The zero-order valence-corrected chi connectivity index (χ0v) is 9.65. The second-order valence-corrected chi connectivity index (χ2v) is 5.19. The van der Waals surface area contributed by atoms with Crippen LogP contribution in [0.2, 0.25) is 0 Å². The lowest BCUT2D eigenvalue weighted by atomic mass is 9.62. The number of rotatable bonds is 4. The maximum Gasteiger partial charge on any atom is 0.121 e. The van der Waals surface area contributed by atoms with Crippen molar-refractivity contribution in [1.82, 2.24) is 0 Å². The van der Waals surface area contributed by atoms with E-state index >= 15 is 0 Å². The molecule has 0 amide bonds. The van der Waals surface area contributed by atoms with E-state index in [-0.39, 0.29) is 10.8 Å². The van der Waals surface area contributed by atoms with Gasteiger partial charge in [-0.3, -0.25) is 0 Å². The summed E-state index contributed by atoms with van der Waals surface area (Å²) in [4.78, 5) is 0. The Balaban J connectivity index is 4.81. The minimum absolute atomic E-state index is 0.0556. The number of hydrogen-bond acceptors (Lipinski definition) is 3. The molecule has 0 saturated carbocycles. The molecule has 0 aliphatic carbocycles. The molecule has 0 atom stereocenters. The number of nitrogens with two attached hydrogens (primary N) is 3. The van der Waals surface area contributed by atoms with E-state index in [4.69, 9.17) is 17.2 Å². The van der Waals surface area contributed by atoms with Crippen LogP contribution in [0, 0.1) is 10.8 Å². The zero-order valence-electron chi connectivity index (χ0n) is 9.65. The van der Waals surface area contributed by atoms with E-state index < -0.39 is 5.79 Å². The third-order valence-electron chi connectivity index (χ3n) is 3.65. The maximum absolute atomic E-state index is 5.79. The Morgan fingerprint density at radius 3 is 1.54 bits per heavy atom. The minimum Gasteiger partial charge on any atom is -0.301 e. The van der Waals surface area contributed by atoms with Crippen molar-refractivity contribution in [3.63, 3.8) is 0 Å². The smallest absolute Gasteiger partial charge is 0.121 e. The molecule has 0 aromatic carbocycles. The summed E-state index contributed by atoms with van der Waals surface area (Å²) < 4.78 is 0. The lowest BCUT2D eigenvalue weighted by molar-refractivity contribution is 0.0149. The van der Waals surface area contributed by atoms with E-state index in [2.05, 4.69) is 20.8 Å². The summed E-state index contributed by atoms with van der Waals surface area (Å²) >= 11 is 0. The van der Waals surface area contributed by atoms with Crippen LogP contribution in [0.4, 0.5) is 0 Å². The Bertz CT molecular complexity index is 165. The lowest BCUT2D eigenvalue weighted by Crippen LogP contribution is -2.71. The molecule has 80 valence electrons. The van der Waals surface area contributed by atoms with E-state index in [1.165, 1.54) is 0 Å². The normalized spacial score (nSPS) is 14.8. The second kappa shape index (κ2) is 3.56. The van der Waals surface area contributed by atoms with E-state index in [9.17, 15) is 0 Å².